The van der Waals surface area contributed by atoms with E-state index in [0.717, 1.165) is 12.2 Å². The maximum Gasteiger partial charge on any atom is 0.401 e. The molecule has 1 atom stereocenters. The summed E-state index contributed by atoms with van der Waals surface area (Å²) in [6.45, 7) is 3.85. The van der Waals surface area contributed by atoms with E-state index in [1.807, 2.05) is 13.8 Å². The Hall–Kier alpha value is -3.49. The smallest absolute Gasteiger partial charge is 0.348 e. The number of hydrogen-bond donors (Lipinski definition) is 2. The van der Waals surface area contributed by atoms with Gasteiger partial charge in [-0.05, 0) is 41.3 Å². The summed E-state index contributed by atoms with van der Waals surface area (Å²) in [5.74, 6) is -4.56. The molecule has 4 nitrogen and oxygen atoms in total. The normalized spacial score (nSPS) is 16.2. The number of hydrogen-bond acceptors (Lipinski definition) is 3. The molecule has 1 unspecified atom stereocenters. The van der Waals surface area contributed by atoms with Gasteiger partial charge in [-0.1, -0.05) is 44.2 Å². The van der Waals surface area contributed by atoms with E-state index in [1.165, 1.54) is 36.5 Å². The highest BCUT2D eigenvalue weighted by molar-refractivity contribution is 5.95. The van der Waals surface area contributed by atoms with Gasteiger partial charge in [0.05, 0.1) is 11.3 Å². The maximum atomic E-state index is 14.6. The largest absolute Gasteiger partial charge is 0.401 e. The highest BCUT2D eigenvalue weighted by Crippen LogP contribution is 2.37. The van der Waals surface area contributed by atoms with Gasteiger partial charge in [-0.3, -0.25) is 4.79 Å². The van der Waals surface area contributed by atoms with Crippen LogP contribution in [0.25, 0.3) is 0 Å². The van der Waals surface area contributed by atoms with Gasteiger partial charge in [-0.25, -0.2) is 13.8 Å². The Bertz CT molecular complexity index is 1100. The predicted molar refractivity (Wildman–Crippen MR) is 115 cm³/mol. The molecule has 1 aliphatic carbocycles. The van der Waals surface area contributed by atoms with Crippen LogP contribution >= 0.6 is 0 Å². The summed E-state index contributed by atoms with van der Waals surface area (Å²) in [5, 5.41) is 5.33. The molecule has 2 aromatic rings. The van der Waals surface area contributed by atoms with Gasteiger partial charge in [-0.2, -0.15) is 13.2 Å². The molecule has 1 amide bonds. The van der Waals surface area contributed by atoms with E-state index in [2.05, 4.69) is 15.6 Å². The standard InChI is InChI=1S/C24H22F5N3O/c1-14(2)17-11-21(32-20-6-4-3-5-19(22(20)26)24(27,28)29)30-13-18(17)23(33)31-12-15-7-9-16(25)10-8-15/h3-11,13-14,19H,12H2,1-2H3,(H,30,32)(H,31,33). The Labute approximate surface area is 187 Å². The second kappa shape index (κ2) is 9.97. The minimum absolute atomic E-state index is 0.103. The molecule has 0 saturated heterocycles. The molecule has 0 bridgehead atoms. The van der Waals surface area contributed by atoms with Crippen LogP contribution in [0.5, 0.6) is 0 Å². The lowest BCUT2D eigenvalue weighted by atomic mass is 9.98. The molecule has 0 radical (unpaired) electrons. The zero-order chi connectivity index (χ0) is 24.2. The Morgan fingerprint density at radius 3 is 2.45 bits per heavy atom. The van der Waals surface area contributed by atoms with Gasteiger partial charge in [0.2, 0.25) is 0 Å². The molecule has 174 valence electrons. The number of anilines is 1. The zero-order valence-electron chi connectivity index (χ0n) is 17.9. The number of nitrogens with zero attached hydrogens (tertiary/aromatic N) is 1. The highest BCUT2D eigenvalue weighted by atomic mass is 19.4. The van der Waals surface area contributed by atoms with E-state index in [-0.39, 0.29) is 35.4 Å². The van der Waals surface area contributed by atoms with E-state index < -0.39 is 23.8 Å². The number of pyridine rings is 1. The van der Waals surface area contributed by atoms with Crippen LogP contribution < -0.4 is 10.6 Å². The summed E-state index contributed by atoms with van der Waals surface area (Å²) < 4.78 is 67.1. The van der Waals surface area contributed by atoms with Crippen molar-refractivity contribution in [3.05, 3.63) is 94.9 Å². The van der Waals surface area contributed by atoms with Crippen molar-refractivity contribution in [1.82, 2.24) is 10.3 Å². The molecule has 9 heteroatoms. The SMILES string of the molecule is CC(C)c1cc(NC2=C(F)C(C(F)(F)F)C=CC=C2)ncc1C(=O)NCc1ccc(F)cc1. The maximum absolute atomic E-state index is 14.6. The molecule has 0 spiro atoms. The predicted octanol–water partition coefficient (Wildman–Crippen LogP) is 6.17. The van der Waals surface area contributed by atoms with Gasteiger partial charge in [0.15, 0.2) is 0 Å². The van der Waals surface area contributed by atoms with E-state index in [4.69, 9.17) is 0 Å². The zero-order valence-corrected chi connectivity index (χ0v) is 17.9. The Balaban J connectivity index is 1.82. The van der Waals surface area contributed by atoms with E-state index in [9.17, 15) is 26.7 Å². The minimum Gasteiger partial charge on any atom is -0.348 e. The van der Waals surface area contributed by atoms with Gasteiger partial charge in [0.25, 0.3) is 5.91 Å². The summed E-state index contributed by atoms with van der Waals surface area (Å²) in [6, 6.07) is 7.19. The molecule has 1 aliphatic rings. The quantitative estimate of drug-likeness (QED) is 0.504. The number of carbonyl (C=O) groups excluding carboxylic acids is 1. The van der Waals surface area contributed by atoms with Crippen molar-refractivity contribution in [3.8, 4) is 0 Å². The second-order valence-corrected chi connectivity index (χ2v) is 7.77. The van der Waals surface area contributed by atoms with E-state index >= 15 is 0 Å². The molecule has 0 aliphatic heterocycles. The molecule has 0 saturated carbocycles. The number of alkyl halides is 3. The van der Waals surface area contributed by atoms with Gasteiger partial charge in [0, 0.05) is 12.7 Å². The average Bonchev–Trinajstić information content (AvgIpc) is 2.94. The lowest BCUT2D eigenvalue weighted by Gasteiger charge is -2.18. The number of rotatable bonds is 6. The van der Waals surface area contributed by atoms with Gasteiger partial charge < -0.3 is 10.6 Å². The fraction of sp³-hybridized carbons (Fsp3) is 0.250. The lowest BCUT2D eigenvalue weighted by molar-refractivity contribution is -0.155. The van der Waals surface area contributed by atoms with Crippen molar-refractivity contribution in [2.24, 2.45) is 5.92 Å². The first-order chi connectivity index (χ1) is 15.6. The van der Waals surface area contributed by atoms with Crippen LogP contribution in [0.1, 0.15) is 41.3 Å². The number of halogens is 5. The molecule has 2 N–H and O–H groups in total. The van der Waals surface area contributed by atoms with Gasteiger partial charge in [0.1, 0.15) is 23.4 Å². The van der Waals surface area contributed by atoms with Crippen molar-refractivity contribution in [1.29, 1.82) is 0 Å². The summed E-state index contributed by atoms with van der Waals surface area (Å²) in [5.41, 5.74) is 1.20. The number of aromatic nitrogens is 1. The van der Waals surface area contributed by atoms with Crippen molar-refractivity contribution < 1.29 is 26.7 Å². The molecule has 1 heterocycles. The van der Waals surface area contributed by atoms with Crippen molar-refractivity contribution in [2.75, 3.05) is 5.32 Å². The number of allylic oxidation sites excluding steroid dienone is 5. The van der Waals surface area contributed by atoms with Crippen LogP contribution in [0.15, 0.2) is 72.4 Å². The summed E-state index contributed by atoms with van der Waals surface area (Å²) in [7, 11) is 0. The molecular weight excluding hydrogens is 441 g/mol. The molecule has 3 rings (SSSR count). The lowest BCUT2D eigenvalue weighted by Crippen LogP contribution is -2.25. The Kier molecular flexibility index (Phi) is 7.30. The summed E-state index contributed by atoms with van der Waals surface area (Å²) in [6.07, 6.45) is 0.875. The minimum atomic E-state index is -4.78. The van der Waals surface area contributed by atoms with Crippen LogP contribution in [0.3, 0.4) is 0 Å². The molecule has 0 fully saturated rings. The van der Waals surface area contributed by atoms with Crippen LogP contribution in [0.4, 0.5) is 27.8 Å². The fourth-order valence-electron chi connectivity index (χ4n) is 3.24. The van der Waals surface area contributed by atoms with Crippen LogP contribution in [-0.2, 0) is 6.54 Å². The topological polar surface area (TPSA) is 54.0 Å². The molecular formula is C24H22F5N3O. The Morgan fingerprint density at radius 2 is 1.82 bits per heavy atom. The first-order valence-electron chi connectivity index (χ1n) is 10.2. The van der Waals surface area contributed by atoms with Crippen LogP contribution in [-0.4, -0.2) is 17.1 Å². The first-order valence-corrected chi connectivity index (χ1v) is 10.2. The number of carbonyl (C=O) groups is 1. The van der Waals surface area contributed by atoms with Crippen LogP contribution in [0, 0.1) is 11.7 Å². The van der Waals surface area contributed by atoms with Crippen molar-refractivity contribution in [3.63, 3.8) is 0 Å². The molecule has 1 aromatic carbocycles. The van der Waals surface area contributed by atoms with E-state index in [1.54, 1.807) is 12.1 Å². The summed E-state index contributed by atoms with van der Waals surface area (Å²) in [4.78, 5) is 16.8. The second-order valence-electron chi connectivity index (χ2n) is 7.77. The van der Waals surface area contributed by atoms with Crippen molar-refractivity contribution >= 4 is 11.7 Å². The molecule has 1 aromatic heterocycles. The highest BCUT2D eigenvalue weighted by Gasteiger charge is 2.42. The van der Waals surface area contributed by atoms with Crippen LogP contribution in [0.2, 0.25) is 0 Å². The van der Waals surface area contributed by atoms with Crippen molar-refractivity contribution in [2.45, 2.75) is 32.5 Å². The monoisotopic (exact) mass is 463 g/mol. The number of amides is 1. The number of benzene rings is 1. The van der Waals surface area contributed by atoms with E-state index in [0.29, 0.717) is 11.1 Å². The third kappa shape index (κ3) is 6.06. The number of nitrogens with one attached hydrogen (secondary N) is 2. The molecule has 33 heavy (non-hydrogen) atoms. The first kappa shape index (κ1) is 24.2. The average molecular weight is 463 g/mol. The summed E-state index contributed by atoms with van der Waals surface area (Å²) >= 11 is 0. The van der Waals surface area contributed by atoms with Gasteiger partial charge in [-0.15, -0.1) is 0 Å². The fourth-order valence-corrected chi connectivity index (χ4v) is 3.24. The Morgan fingerprint density at radius 1 is 1.12 bits per heavy atom. The third-order valence-corrected chi connectivity index (χ3v) is 4.99. The van der Waals surface area contributed by atoms with Gasteiger partial charge >= 0.3 is 6.18 Å². The third-order valence-electron chi connectivity index (χ3n) is 4.99.